The van der Waals surface area contributed by atoms with E-state index in [0.29, 0.717) is 26.1 Å². The van der Waals surface area contributed by atoms with Crippen molar-refractivity contribution in [3.63, 3.8) is 0 Å². The van der Waals surface area contributed by atoms with E-state index >= 15 is 0 Å². The highest BCUT2D eigenvalue weighted by molar-refractivity contribution is 5.76. The second-order valence-corrected chi connectivity index (χ2v) is 7.25. The smallest absolute Gasteiger partial charge is 0.220 e. The Hall–Kier alpha value is -1.50. The van der Waals surface area contributed by atoms with E-state index in [1.54, 1.807) is 12.4 Å². The minimum absolute atomic E-state index is 0.0125. The van der Waals surface area contributed by atoms with Crippen LogP contribution in [0.4, 0.5) is 0 Å². The van der Waals surface area contributed by atoms with Crippen molar-refractivity contribution in [3.8, 4) is 0 Å². The lowest BCUT2D eigenvalue weighted by atomic mass is 9.92. The van der Waals surface area contributed by atoms with E-state index in [2.05, 4.69) is 15.6 Å². The van der Waals surface area contributed by atoms with Crippen LogP contribution in [0.5, 0.6) is 0 Å². The van der Waals surface area contributed by atoms with E-state index in [1.165, 1.54) is 0 Å². The molecule has 0 radical (unpaired) electrons. The number of aliphatic hydroxyl groups is 1. The first-order valence-corrected chi connectivity index (χ1v) is 8.04. The largest absolute Gasteiger partial charge is 0.389 e. The molecule has 1 fully saturated rings. The van der Waals surface area contributed by atoms with Gasteiger partial charge in [0.2, 0.25) is 5.91 Å². The van der Waals surface area contributed by atoms with Crippen LogP contribution in [0.25, 0.3) is 0 Å². The number of carbonyl (C=O) groups is 1. The van der Waals surface area contributed by atoms with Gasteiger partial charge in [0.15, 0.2) is 0 Å². The summed E-state index contributed by atoms with van der Waals surface area (Å²) in [5.74, 6) is -0.0125. The van der Waals surface area contributed by atoms with Gasteiger partial charge in [0.1, 0.15) is 6.10 Å². The van der Waals surface area contributed by atoms with Gasteiger partial charge >= 0.3 is 0 Å². The minimum Gasteiger partial charge on any atom is -0.389 e. The fraction of sp³-hybridized carbons (Fsp3) is 0.647. The third-order valence-corrected chi connectivity index (χ3v) is 3.79. The van der Waals surface area contributed by atoms with Gasteiger partial charge in [-0.3, -0.25) is 9.78 Å². The Morgan fingerprint density at radius 2 is 2.09 bits per heavy atom. The lowest BCUT2D eigenvalue weighted by Crippen LogP contribution is -2.44. The van der Waals surface area contributed by atoms with Crippen LogP contribution < -0.4 is 10.6 Å². The van der Waals surface area contributed by atoms with Crippen LogP contribution in [0.1, 0.15) is 32.8 Å². The minimum atomic E-state index is -0.633. The maximum Gasteiger partial charge on any atom is 0.220 e. The van der Waals surface area contributed by atoms with Gasteiger partial charge in [-0.05, 0) is 23.1 Å². The summed E-state index contributed by atoms with van der Waals surface area (Å²) in [5, 5.41) is 16.5. The van der Waals surface area contributed by atoms with Crippen molar-refractivity contribution in [3.05, 3.63) is 30.1 Å². The Balaban J connectivity index is 1.73. The normalized spacial score (nSPS) is 24.6. The molecule has 1 aromatic heterocycles. The molecule has 0 aliphatic carbocycles. The molecule has 1 aliphatic rings. The third kappa shape index (κ3) is 5.89. The number of amides is 1. The summed E-state index contributed by atoms with van der Waals surface area (Å²) in [5.41, 5.74) is 1.06. The predicted octanol–water partition coefficient (Wildman–Crippen LogP) is 0.852. The van der Waals surface area contributed by atoms with Gasteiger partial charge in [-0.1, -0.05) is 20.8 Å². The van der Waals surface area contributed by atoms with E-state index in [4.69, 9.17) is 4.74 Å². The molecular weight excluding hydrogens is 294 g/mol. The molecule has 23 heavy (non-hydrogen) atoms. The summed E-state index contributed by atoms with van der Waals surface area (Å²) in [6, 6.07) is 3.73. The highest BCUT2D eigenvalue weighted by Crippen LogP contribution is 2.18. The zero-order chi connectivity index (χ0) is 16.9. The summed E-state index contributed by atoms with van der Waals surface area (Å²) in [6.07, 6.45) is 2.94. The van der Waals surface area contributed by atoms with Crippen molar-refractivity contribution in [2.24, 2.45) is 5.41 Å². The Kier molecular flexibility index (Phi) is 6.10. The van der Waals surface area contributed by atoms with Gasteiger partial charge in [-0.2, -0.15) is 0 Å². The molecule has 6 nitrogen and oxygen atoms in total. The molecule has 6 heteroatoms. The molecule has 3 N–H and O–H groups in total. The maximum absolute atomic E-state index is 11.8. The molecule has 128 valence electrons. The molecule has 0 unspecified atom stereocenters. The quantitative estimate of drug-likeness (QED) is 0.723. The lowest BCUT2D eigenvalue weighted by Gasteiger charge is -2.21. The number of hydrogen-bond donors (Lipinski definition) is 3. The van der Waals surface area contributed by atoms with Gasteiger partial charge < -0.3 is 20.5 Å². The number of carbonyl (C=O) groups excluding carboxylic acids is 1. The van der Waals surface area contributed by atoms with Crippen molar-refractivity contribution in [1.29, 1.82) is 0 Å². The predicted molar refractivity (Wildman–Crippen MR) is 87.7 cm³/mol. The van der Waals surface area contributed by atoms with Crippen molar-refractivity contribution < 1.29 is 14.6 Å². The van der Waals surface area contributed by atoms with E-state index < -0.39 is 6.10 Å². The summed E-state index contributed by atoms with van der Waals surface area (Å²) in [4.78, 5) is 15.8. The van der Waals surface area contributed by atoms with E-state index in [-0.39, 0.29) is 23.5 Å². The van der Waals surface area contributed by atoms with E-state index in [9.17, 15) is 9.90 Å². The van der Waals surface area contributed by atoms with Crippen LogP contribution in [0.3, 0.4) is 0 Å². The Bertz CT molecular complexity index is 502. The number of aliphatic hydroxyl groups excluding tert-OH is 1. The number of hydrogen-bond acceptors (Lipinski definition) is 5. The van der Waals surface area contributed by atoms with Crippen molar-refractivity contribution in [2.45, 2.75) is 52.0 Å². The number of nitrogens with zero attached hydrogens (tertiary/aromatic N) is 1. The molecule has 0 saturated carbocycles. The zero-order valence-electron chi connectivity index (χ0n) is 14.1. The number of rotatable bonds is 6. The number of nitrogens with one attached hydrogen (secondary N) is 2. The maximum atomic E-state index is 11.8. The molecule has 3 atom stereocenters. The second kappa shape index (κ2) is 7.86. The van der Waals surface area contributed by atoms with Gasteiger partial charge in [0.05, 0.1) is 18.8 Å². The fourth-order valence-electron chi connectivity index (χ4n) is 2.55. The Morgan fingerprint density at radius 1 is 1.39 bits per heavy atom. The molecule has 0 spiro atoms. The summed E-state index contributed by atoms with van der Waals surface area (Å²) < 4.78 is 5.61. The van der Waals surface area contributed by atoms with E-state index in [1.807, 2.05) is 32.9 Å². The first kappa shape index (κ1) is 17.8. The van der Waals surface area contributed by atoms with Crippen LogP contribution in [0.15, 0.2) is 24.5 Å². The molecule has 2 rings (SSSR count). The number of ether oxygens (including phenoxy) is 1. The molecular formula is C17H27N3O3. The monoisotopic (exact) mass is 321 g/mol. The molecule has 0 aromatic carbocycles. The third-order valence-electron chi connectivity index (χ3n) is 3.79. The Morgan fingerprint density at radius 3 is 2.74 bits per heavy atom. The van der Waals surface area contributed by atoms with Crippen molar-refractivity contribution in [1.82, 2.24) is 15.6 Å². The van der Waals surface area contributed by atoms with Gasteiger partial charge in [0.25, 0.3) is 0 Å². The van der Waals surface area contributed by atoms with Crippen LogP contribution >= 0.6 is 0 Å². The second-order valence-electron chi connectivity index (χ2n) is 7.25. The van der Waals surface area contributed by atoms with Crippen LogP contribution in [0, 0.1) is 5.41 Å². The van der Waals surface area contributed by atoms with Gasteiger partial charge in [-0.15, -0.1) is 0 Å². The zero-order valence-corrected chi connectivity index (χ0v) is 14.1. The van der Waals surface area contributed by atoms with Crippen LogP contribution in [-0.4, -0.2) is 47.4 Å². The lowest BCUT2D eigenvalue weighted by molar-refractivity contribution is -0.123. The topological polar surface area (TPSA) is 83.5 Å². The number of aromatic nitrogens is 1. The first-order chi connectivity index (χ1) is 10.8. The molecule has 1 saturated heterocycles. The summed E-state index contributed by atoms with van der Waals surface area (Å²) in [6.45, 7) is 7.48. The van der Waals surface area contributed by atoms with Gasteiger partial charge in [0, 0.05) is 31.9 Å². The average Bonchev–Trinajstić information content (AvgIpc) is 2.83. The standard InChI is InChI=1S/C17H27N3O3/c1-17(2,3)8-15(21)20-10-14-16(22)13(11-23-14)19-9-12-4-6-18-7-5-12/h4-7,13-14,16,19,22H,8-11H2,1-3H3,(H,20,21)/t13-,14-,16+/m1/s1. The van der Waals surface area contributed by atoms with Crippen molar-refractivity contribution >= 4 is 5.91 Å². The number of pyridine rings is 1. The highest BCUT2D eigenvalue weighted by Gasteiger charge is 2.35. The SMILES string of the molecule is CC(C)(C)CC(=O)NC[C@H]1OC[C@@H](NCc2ccncc2)[C@@H]1O. The first-order valence-electron chi connectivity index (χ1n) is 8.04. The fourth-order valence-corrected chi connectivity index (χ4v) is 2.55. The summed E-state index contributed by atoms with van der Waals surface area (Å²) >= 11 is 0. The average molecular weight is 321 g/mol. The Labute approximate surface area is 137 Å². The van der Waals surface area contributed by atoms with Gasteiger partial charge in [-0.25, -0.2) is 0 Å². The highest BCUT2D eigenvalue weighted by atomic mass is 16.5. The van der Waals surface area contributed by atoms with Crippen LogP contribution in [0.2, 0.25) is 0 Å². The van der Waals surface area contributed by atoms with E-state index in [0.717, 1.165) is 5.56 Å². The molecule has 2 heterocycles. The summed E-state index contributed by atoms with van der Waals surface area (Å²) in [7, 11) is 0. The molecule has 1 aromatic rings. The molecule has 1 aliphatic heterocycles. The van der Waals surface area contributed by atoms with Crippen LogP contribution in [-0.2, 0) is 16.1 Å². The molecule has 0 bridgehead atoms. The molecule has 1 amide bonds. The van der Waals surface area contributed by atoms with Crippen molar-refractivity contribution in [2.75, 3.05) is 13.2 Å².